The minimum Gasteiger partial charge on any atom is -0.435 e. The Morgan fingerprint density at radius 1 is 1.32 bits per heavy atom. The molecule has 0 fully saturated rings. The number of hydrogen-bond acceptors (Lipinski definition) is 4. The third-order valence-corrected chi connectivity index (χ3v) is 3.23. The maximum atomic E-state index is 12.1. The summed E-state index contributed by atoms with van der Waals surface area (Å²) in [5.41, 5.74) is 5.43. The Morgan fingerprint density at radius 3 is 2.45 bits per heavy atom. The van der Waals surface area contributed by atoms with Crippen LogP contribution in [0.1, 0.15) is 6.42 Å². The lowest BCUT2D eigenvalue weighted by Gasteiger charge is -2.17. The van der Waals surface area contributed by atoms with Gasteiger partial charge in [-0.15, -0.1) is 0 Å². The first-order valence-corrected chi connectivity index (χ1v) is 7.72. The van der Waals surface area contributed by atoms with Crippen LogP contribution in [0.3, 0.4) is 0 Å². The second-order valence-corrected chi connectivity index (χ2v) is 5.22. The first-order valence-electron chi connectivity index (χ1n) is 6.33. The molecule has 0 aliphatic rings. The van der Waals surface area contributed by atoms with Gasteiger partial charge in [-0.25, -0.2) is 4.79 Å². The number of nitrogens with one attached hydrogen (secondary N) is 2. The van der Waals surface area contributed by atoms with Crippen LogP contribution in [0, 0.1) is 0 Å². The van der Waals surface area contributed by atoms with Crippen molar-refractivity contribution in [2.24, 2.45) is 5.73 Å². The highest BCUT2D eigenvalue weighted by molar-refractivity contribution is 7.98. The number of anilines is 1. The zero-order valence-electron chi connectivity index (χ0n) is 11.8. The Kier molecular flexibility index (Phi) is 7.44. The van der Waals surface area contributed by atoms with E-state index in [1.165, 1.54) is 36.0 Å². The molecule has 1 aromatic carbocycles. The van der Waals surface area contributed by atoms with Gasteiger partial charge in [0.1, 0.15) is 11.8 Å². The van der Waals surface area contributed by atoms with E-state index in [1.54, 1.807) is 0 Å². The number of rotatable bonds is 8. The largest absolute Gasteiger partial charge is 0.435 e. The third-order valence-electron chi connectivity index (χ3n) is 2.59. The molecule has 6 nitrogen and oxygen atoms in total. The summed E-state index contributed by atoms with van der Waals surface area (Å²) in [6, 6.07) is 3.90. The van der Waals surface area contributed by atoms with Gasteiger partial charge in [0.25, 0.3) is 0 Å². The molecule has 1 aromatic rings. The molecule has 0 saturated carbocycles. The minimum atomic E-state index is -2.91. The maximum absolute atomic E-state index is 12.1. The van der Waals surface area contributed by atoms with Crippen molar-refractivity contribution >= 4 is 29.4 Å². The summed E-state index contributed by atoms with van der Waals surface area (Å²) in [5.74, 6) is 0.220. The van der Waals surface area contributed by atoms with Crippen LogP contribution in [0.15, 0.2) is 24.3 Å². The summed E-state index contributed by atoms with van der Waals surface area (Å²) < 4.78 is 28.3. The number of thioether (sulfide) groups is 1. The molecule has 0 heterocycles. The Labute approximate surface area is 130 Å². The molecule has 0 unspecified atom stereocenters. The number of carbonyl (C=O) groups excluding carboxylic acids is 2. The predicted molar refractivity (Wildman–Crippen MR) is 81.2 cm³/mol. The number of primary amides is 1. The summed E-state index contributed by atoms with van der Waals surface area (Å²) >= 11 is 1.53. The molecular weight excluding hydrogens is 316 g/mol. The van der Waals surface area contributed by atoms with Gasteiger partial charge in [-0.2, -0.15) is 20.5 Å². The zero-order chi connectivity index (χ0) is 16.5. The van der Waals surface area contributed by atoms with Crippen LogP contribution in [-0.2, 0) is 4.79 Å². The molecule has 0 spiro atoms. The van der Waals surface area contributed by atoms with Crippen LogP contribution in [0.25, 0.3) is 0 Å². The van der Waals surface area contributed by atoms with Crippen LogP contribution in [0.5, 0.6) is 5.75 Å². The molecule has 122 valence electrons. The molecule has 0 aromatic heterocycles. The molecule has 3 amide bonds. The fourth-order valence-electron chi connectivity index (χ4n) is 1.63. The molecule has 0 aliphatic heterocycles. The van der Waals surface area contributed by atoms with Gasteiger partial charge in [0.2, 0.25) is 5.91 Å². The Hall–Kier alpha value is -2.03. The van der Waals surface area contributed by atoms with Crippen LogP contribution >= 0.6 is 11.8 Å². The highest BCUT2D eigenvalue weighted by atomic mass is 32.2. The second-order valence-electron chi connectivity index (χ2n) is 4.23. The highest BCUT2D eigenvalue weighted by Crippen LogP contribution is 2.18. The standard InChI is InChI=1S/C13H17F2N3O3S/c1-22-7-6-10(18-13(16)20)11(19)17-8-2-4-9(5-3-8)21-12(14)15/h2-5,10,12H,6-7H2,1H3,(H,17,19)(H3,16,18,20)/t10-/m1/s1. The normalized spacial score (nSPS) is 11.8. The molecule has 0 radical (unpaired) electrons. The molecular formula is C13H17F2N3O3S. The van der Waals surface area contributed by atoms with Crippen molar-refractivity contribution < 1.29 is 23.1 Å². The summed E-state index contributed by atoms with van der Waals surface area (Å²) in [7, 11) is 0. The van der Waals surface area contributed by atoms with Crippen molar-refractivity contribution in [3.63, 3.8) is 0 Å². The summed E-state index contributed by atoms with van der Waals surface area (Å²) in [6.07, 6.45) is 2.30. The fraction of sp³-hybridized carbons (Fsp3) is 0.385. The number of carbonyl (C=O) groups is 2. The van der Waals surface area contributed by atoms with Crippen molar-refractivity contribution in [1.29, 1.82) is 0 Å². The lowest BCUT2D eigenvalue weighted by atomic mass is 10.2. The van der Waals surface area contributed by atoms with Crippen LogP contribution < -0.4 is 21.1 Å². The average molecular weight is 333 g/mol. The predicted octanol–water partition coefficient (Wildman–Crippen LogP) is 2.02. The summed E-state index contributed by atoms with van der Waals surface area (Å²) in [5, 5.41) is 4.94. The molecule has 0 aliphatic carbocycles. The second kappa shape index (κ2) is 9.08. The molecule has 0 saturated heterocycles. The molecule has 4 N–H and O–H groups in total. The summed E-state index contributed by atoms with van der Waals surface area (Å²) in [6.45, 7) is -2.91. The van der Waals surface area contributed by atoms with E-state index in [9.17, 15) is 18.4 Å². The molecule has 9 heteroatoms. The number of nitrogens with two attached hydrogens (primary N) is 1. The quantitative estimate of drug-likeness (QED) is 0.678. The third kappa shape index (κ3) is 6.61. The minimum absolute atomic E-state index is 0.0119. The zero-order valence-corrected chi connectivity index (χ0v) is 12.7. The molecule has 1 atom stereocenters. The van der Waals surface area contributed by atoms with Crippen LogP contribution in [0.4, 0.5) is 19.3 Å². The monoisotopic (exact) mass is 333 g/mol. The van der Waals surface area contributed by atoms with E-state index < -0.39 is 24.6 Å². The topological polar surface area (TPSA) is 93.5 Å². The van der Waals surface area contributed by atoms with E-state index in [1.807, 2.05) is 6.26 Å². The van der Waals surface area contributed by atoms with E-state index in [2.05, 4.69) is 15.4 Å². The number of amides is 3. The number of ether oxygens (including phenoxy) is 1. The Morgan fingerprint density at radius 2 is 1.95 bits per heavy atom. The Bertz CT molecular complexity index is 500. The van der Waals surface area contributed by atoms with Gasteiger partial charge in [-0.1, -0.05) is 0 Å². The van der Waals surface area contributed by atoms with Crippen molar-refractivity contribution in [1.82, 2.24) is 5.32 Å². The fourth-order valence-corrected chi connectivity index (χ4v) is 2.10. The lowest BCUT2D eigenvalue weighted by Crippen LogP contribution is -2.46. The van der Waals surface area contributed by atoms with E-state index in [0.29, 0.717) is 17.9 Å². The highest BCUT2D eigenvalue weighted by Gasteiger charge is 2.19. The lowest BCUT2D eigenvalue weighted by molar-refractivity contribution is -0.118. The average Bonchev–Trinajstić information content (AvgIpc) is 2.44. The van der Waals surface area contributed by atoms with Gasteiger partial charge in [-0.05, 0) is 42.7 Å². The van der Waals surface area contributed by atoms with Gasteiger partial charge >= 0.3 is 12.6 Å². The maximum Gasteiger partial charge on any atom is 0.387 e. The van der Waals surface area contributed by atoms with Crippen molar-refractivity contribution in [2.75, 3.05) is 17.3 Å². The van der Waals surface area contributed by atoms with Crippen molar-refractivity contribution in [2.45, 2.75) is 19.1 Å². The molecule has 0 bridgehead atoms. The van der Waals surface area contributed by atoms with Crippen molar-refractivity contribution in [3.8, 4) is 5.75 Å². The number of halogens is 2. The van der Waals surface area contributed by atoms with Gasteiger partial charge in [0.15, 0.2) is 0 Å². The smallest absolute Gasteiger partial charge is 0.387 e. The first kappa shape index (κ1) is 18.0. The van der Waals surface area contributed by atoms with E-state index in [0.717, 1.165) is 0 Å². The van der Waals surface area contributed by atoms with Crippen molar-refractivity contribution in [3.05, 3.63) is 24.3 Å². The first-order chi connectivity index (χ1) is 10.4. The number of urea groups is 1. The van der Waals surface area contributed by atoms with Gasteiger partial charge in [0.05, 0.1) is 0 Å². The van der Waals surface area contributed by atoms with Crippen LogP contribution in [0.2, 0.25) is 0 Å². The number of alkyl halides is 2. The van der Waals surface area contributed by atoms with E-state index >= 15 is 0 Å². The molecule has 1 rings (SSSR count). The van der Waals surface area contributed by atoms with Crippen LogP contribution in [-0.4, -0.2) is 36.6 Å². The Balaban J connectivity index is 2.65. The van der Waals surface area contributed by atoms with E-state index in [-0.39, 0.29) is 5.75 Å². The van der Waals surface area contributed by atoms with E-state index in [4.69, 9.17) is 5.73 Å². The number of benzene rings is 1. The van der Waals surface area contributed by atoms with Gasteiger partial charge in [-0.3, -0.25) is 4.79 Å². The van der Waals surface area contributed by atoms with Gasteiger partial charge in [0, 0.05) is 5.69 Å². The SMILES string of the molecule is CSCC[C@@H](NC(N)=O)C(=O)Nc1ccc(OC(F)F)cc1. The van der Waals surface area contributed by atoms with Gasteiger partial charge < -0.3 is 21.1 Å². The molecule has 22 heavy (non-hydrogen) atoms. The number of hydrogen-bond donors (Lipinski definition) is 3. The summed E-state index contributed by atoms with van der Waals surface area (Å²) in [4.78, 5) is 23.0.